The molecular formula is C16H24O4S. The van der Waals surface area contributed by atoms with Gasteiger partial charge in [-0.15, -0.1) is 0 Å². The molecular weight excluding hydrogens is 288 g/mol. The lowest BCUT2D eigenvalue weighted by Crippen LogP contribution is -2.02. The van der Waals surface area contributed by atoms with Crippen molar-refractivity contribution in [3.63, 3.8) is 0 Å². The van der Waals surface area contributed by atoms with Crippen LogP contribution >= 0.6 is 0 Å². The number of benzene rings is 1. The van der Waals surface area contributed by atoms with E-state index in [2.05, 4.69) is 6.92 Å². The maximum Gasteiger partial charge on any atom is 0.294 e. The fraction of sp³-hybridized carbons (Fsp3) is 0.562. The molecule has 0 aliphatic heterocycles. The molecule has 0 aromatic heterocycles. The van der Waals surface area contributed by atoms with Crippen molar-refractivity contribution in [3.05, 3.63) is 29.8 Å². The normalized spacial score (nSPS) is 11.5. The first-order valence-electron chi connectivity index (χ1n) is 7.56. The van der Waals surface area contributed by atoms with E-state index in [0.717, 1.165) is 19.3 Å². The van der Waals surface area contributed by atoms with E-state index in [0.29, 0.717) is 12.0 Å². The number of ketones is 1. The third kappa shape index (κ3) is 6.87. The van der Waals surface area contributed by atoms with Gasteiger partial charge in [0.05, 0.1) is 4.90 Å². The van der Waals surface area contributed by atoms with Gasteiger partial charge in [0.2, 0.25) is 0 Å². The van der Waals surface area contributed by atoms with Gasteiger partial charge in [-0.3, -0.25) is 9.35 Å². The van der Waals surface area contributed by atoms with E-state index in [-0.39, 0.29) is 10.7 Å². The molecule has 0 amide bonds. The lowest BCUT2D eigenvalue weighted by atomic mass is 10.0. The van der Waals surface area contributed by atoms with Gasteiger partial charge in [0.15, 0.2) is 5.78 Å². The first-order valence-corrected chi connectivity index (χ1v) is 9.00. The number of unbranched alkanes of at least 4 members (excludes halogenated alkanes) is 6. The summed E-state index contributed by atoms with van der Waals surface area (Å²) in [5.41, 5.74) is 0.494. The van der Waals surface area contributed by atoms with Crippen LogP contribution < -0.4 is 0 Å². The van der Waals surface area contributed by atoms with Gasteiger partial charge >= 0.3 is 0 Å². The Kier molecular flexibility index (Phi) is 7.61. The fourth-order valence-corrected chi connectivity index (χ4v) is 2.68. The number of carbonyl (C=O) groups is 1. The Morgan fingerprint density at radius 2 is 1.48 bits per heavy atom. The van der Waals surface area contributed by atoms with E-state index in [9.17, 15) is 13.2 Å². The Hall–Kier alpha value is -1.20. The zero-order valence-corrected chi connectivity index (χ0v) is 13.4. The van der Waals surface area contributed by atoms with E-state index in [1.807, 2.05) is 0 Å². The topological polar surface area (TPSA) is 71.4 Å². The number of hydrogen-bond donors (Lipinski definition) is 1. The molecule has 0 heterocycles. The molecule has 0 spiro atoms. The van der Waals surface area contributed by atoms with Gasteiger partial charge in [0, 0.05) is 12.0 Å². The Morgan fingerprint density at radius 3 is 2.00 bits per heavy atom. The summed E-state index contributed by atoms with van der Waals surface area (Å²) < 4.78 is 30.7. The Bertz CT molecular complexity index is 532. The molecule has 5 heteroatoms. The predicted octanol–water partition coefficient (Wildman–Crippen LogP) is 4.26. The zero-order chi connectivity index (χ0) is 15.7. The van der Waals surface area contributed by atoms with Crippen molar-refractivity contribution >= 4 is 15.9 Å². The maximum absolute atomic E-state index is 11.9. The van der Waals surface area contributed by atoms with Crippen LogP contribution in [0.3, 0.4) is 0 Å². The molecule has 0 atom stereocenters. The van der Waals surface area contributed by atoms with Crippen LogP contribution in [0.1, 0.15) is 68.6 Å². The highest BCUT2D eigenvalue weighted by molar-refractivity contribution is 7.85. The summed E-state index contributed by atoms with van der Waals surface area (Å²) in [5, 5.41) is 0. The summed E-state index contributed by atoms with van der Waals surface area (Å²) in [5.74, 6) is 0.0189. The standard InChI is InChI=1S/C16H24O4S/c1-2-3-4-5-6-7-8-9-16(17)14-10-12-15(13-11-14)21(18,19)20/h10-13H,2-9H2,1H3,(H,18,19,20). The first kappa shape index (κ1) is 17.9. The molecule has 1 aromatic rings. The van der Waals surface area contributed by atoms with Gasteiger partial charge in [-0.2, -0.15) is 8.42 Å². The second-order valence-electron chi connectivity index (χ2n) is 5.29. The summed E-state index contributed by atoms with van der Waals surface area (Å²) in [4.78, 5) is 11.7. The van der Waals surface area contributed by atoms with Crippen LogP contribution in [0.5, 0.6) is 0 Å². The second kappa shape index (κ2) is 8.95. The predicted molar refractivity (Wildman–Crippen MR) is 83.2 cm³/mol. The highest BCUT2D eigenvalue weighted by atomic mass is 32.2. The van der Waals surface area contributed by atoms with Crippen LogP contribution in [-0.2, 0) is 10.1 Å². The van der Waals surface area contributed by atoms with E-state index in [4.69, 9.17) is 4.55 Å². The number of rotatable bonds is 10. The summed E-state index contributed by atoms with van der Waals surface area (Å²) in [7, 11) is -4.19. The van der Waals surface area contributed by atoms with Crippen molar-refractivity contribution in [1.29, 1.82) is 0 Å². The summed E-state index contributed by atoms with van der Waals surface area (Å²) in [6.45, 7) is 2.19. The number of Topliss-reactive ketones (excluding diaryl/α,β-unsaturated/α-hetero) is 1. The highest BCUT2D eigenvalue weighted by Crippen LogP contribution is 2.14. The molecule has 1 rings (SSSR count). The minimum absolute atomic E-state index is 0.0189. The van der Waals surface area contributed by atoms with Crippen LogP contribution in [0, 0.1) is 0 Å². The molecule has 1 N–H and O–H groups in total. The van der Waals surface area contributed by atoms with Gasteiger partial charge < -0.3 is 0 Å². The second-order valence-corrected chi connectivity index (χ2v) is 6.72. The quantitative estimate of drug-likeness (QED) is 0.398. The van der Waals surface area contributed by atoms with Crippen molar-refractivity contribution in [2.45, 2.75) is 63.2 Å². The van der Waals surface area contributed by atoms with Gasteiger partial charge in [-0.25, -0.2) is 0 Å². The van der Waals surface area contributed by atoms with Crippen molar-refractivity contribution in [2.75, 3.05) is 0 Å². The van der Waals surface area contributed by atoms with Crippen LogP contribution in [0.4, 0.5) is 0 Å². The highest BCUT2D eigenvalue weighted by Gasteiger charge is 2.11. The molecule has 118 valence electrons. The average molecular weight is 312 g/mol. The van der Waals surface area contributed by atoms with Crippen LogP contribution in [-0.4, -0.2) is 18.8 Å². The SMILES string of the molecule is CCCCCCCCCC(=O)c1ccc(S(=O)(=O)O)cc1. The van der Waals surface area contributed by atoms with Crippen molar-refractivity contribution in [2.24, 2.45) is 0 Å². The van der Waals surface area contributed by atoms with E-state index in [1.54, 1.807) is 0 Å². The number of carbonyl (C=O) groups excluding carboxylic acids is 1. The fourth-order valence-electron chi connectivity index (χ4n) is 2.20. The van der Waals surface area contributed by atoms with Crippen molar-refractivity contribution in [3.8, 4) is 0 Å². The number of hydrogen-bond acceptors (Lipinski definition) is 3. The molecule has 0 aliphatic rings. The Labute approximate surface area is 127 Å². The maximum atomic E-state index is 11.9. The molecule has 21 heavy (non-hydrogen) atoms. The Morgan fingerprint density at radius 1 is 0.952 bits per heavy atom. The van der Waals surface area contributed by atoms with Crippen molar-refractivity contribution in [1.82, 2.24) is 0 Å². The van der Waals surface area contributed by atoms with Gasteiger partial charge in [0.25, 0.3) is 10.1 Å². The lowest BCUT2D eigenvalue weighted by molar-refractivity contribution is 0.0979. The summed E-state index contributed by atoms with van der Waals surface area (Å²) >= 11 is 0. The van der Waals surface area contributed by atoms with Crippen LogP contribution in [0.15, 0.2) is 29.2 Å². The van der Waals surface area contributed by atoms with Gasteiger partial charge in [-0.05, 0) is 18.6 Å². The monoisotopic (exact) mass is 312 g/mol. The largest absolute Gasteiger partial charge is 0.294 e. The third-order valence-electron chi connectivity index (χ3n) is 3.48. The molecule has 0 fully saturated rings. The van der Waals surface area contributed by atoms with Gasteiger partial charge in [0.1, 0.15) is 0 Å². The van der Waals surface area contributed by atoms with Gasteiger partial charge in [-0.1, -0.05) is 57.6 Å². The molecule has 0 unspecified atom stereocenters. The molecule has 0 aliphatic carbocycles. The van der Waals surface area contributed by atoms with Crippen LogP contribution in [0.25, 0.3) is 0 Å². The first-order chi connectivity index (χ1) is 9.95. The van der Waals surface area contributed by atoms with Crippen molar-refractivity contribution < 1.29 is 17.8 Å². The summed E-state index contributed by atoms with van der Waals surface area (Å²) in [6.07, 6.45) is 8.57. The Balaban J connectivity index is 2.32. The minimum Gasteiger partial charge on any atom is -0.294 e. The summed E-state index contributed by atoms with van der Waals surface area (Å²) in [6, 6.07) is 5.42. The average Bonchev–Trinajstić information content (AvgIpc) is 2.45. The minimum atomic E-state index is -4.19. The van der Waals surface area contributed by atoms with E-state index in [1.165, 1.54) is 49.9 Å². The zero-order valence-electron chi connectivity index (χ0n) is 12.5. The molecule has 0 bridgehead atoms. The molecule has 1 aromatic carbocycles. The van der Waals surface area contributed by atoms with Crippen LogP contribution in [0.2, 0.25) is 0 Å². The van der Waals surface area contributed by atoms with E-state index >= 15 is 0 Å². The molecule has 0 saturated heterocycles. The lowest BCUT2D eigenvalue weighted by Gasteiger charge is -2.03. The van der Waals surface area contributed by atoms with E-state index < -0.39 is 10.1 Å². The third-order valence-corrected chi connectivity index (χ3v) is 4.35. The molecule has 0 saturated carbocycles. The molecule has 0 radical (unpaired) electrons. The molecule has 4 nitrogen and oxygen atoms in total. The smallest absolute Gasteiger partial charge is 0.294 e.